The van der Waals surface area contributed by atoms with Gasteiger partial charge < -0.3 is 14.8 Å². The van der Waals surface area contributed by atoms with Gasteiger partial charge in [-0.3, -0.25) is 0 Å². The third-order valence-electron chi connectivity index (χ3n) is 2.96. The van der Waals surface area contributed by atoms with Gasteiger partial charge in [-0.05, 0) is 42.8 Å². The Kier molecular flexibility index (Phi) is 5.58. The lowest BCUT2D eigenvalue weighted by atomic mass is 10.2. The highest BCUT2D eigenvalue weighted by Gasteiger charge is 2.04. The van der Waals surface area contributed by atoms with E-state index in [-0.39, 0.29) is 5.82 Å². The van der Waals surface area contributed by atoms with Crippen molar-refractivity contribution in [2.45, 2.75) is 19.9 Å². The third-order valence-corrected chi connectivity index (χ3v) is 2.96. The molecule has 112 valence electrons. The summed E-state index contributed by atoms with van der Waals surface area (Å²) in [6.07, 6.45) is 1.04. The van der Waals surface area contributed by atoms with Crippen LogP contribution in [0.25, 0.3) is 0 Å². The number of ether oxygens (including phenoxy) is 2. The van der Waals surface area contributed by atoms with Crippen LogP contribution < -0.4 is 14.8 Å². The SMILES string of the molecule is CCCNCc1cc(F)cc(Oc2cccc(OC)c2)c1. The zero-order valence-electron chi connectivity index (χ0n) is 12.4. The van der Waals surface area contributed by atoms with Crippen LogP contribution in [0, 0.1) is 5.82 Å². The first kappa shape index (κ1) is 15.3. The second kappa shape index (κ2) is 7.64. The normalized spacial score (nSPS) is 10.4. The largest absolute Gasteiger partial charge is 0.497 e. The fourth-order valence-corrected chi connectivity index (χ4v) is 1.99. The molecule has 0 saturated carbocycles. The molecule has 0 saturated heterocycles. The molecular weight excluding hydrogens is 269 g/mol. The molecule has 0 spiro atoms. The summed E-state index contributed by atoms with van der Waals surface area (Å²) in [4.78, 5) is 0. The lowest BCUT2D eigenvalue weighted by molar-refractivity contribution is 0.408. The van der Waals surface area contributed by atoms with E-state index < -0.39 is 0 Å². The maximum Gasteiger partial charge on any atom is 0.131 e. The summed E-state index contributed by atoms with van der Waals surface area (Å²) < 4.78 is 24.5. The van der Waals surface area contributed by atoms with Crippen LogP contribution in [0.1, 0.15) is 18.9 Å². The summed E-state index contributed by atoms with van der Waals surface area (Å²) in [5, 5.41) is 3.25. The van der Waals surface area contributed by atoms with Gasteiger partial charge in [0.2, 0.25) is 0 Å². The fraction of sp³-hybridized carbons (Fsp3) is 0.294. The van der Waals surface area contributed by atoms with Gasteiger partial charge in [0.25, 0.3) is 0 Å². The Morgan fingerprint density at radius 2 is 1.86 bits per heavy atom. The Morgan fingerprint density at radius 3 is 2.62 bits per heavy atom. The molecule has 0 bridgehead atoms. The lowest BCUT2D eigenvalue weighted by Crippen LogP contribution is -2.13. The highest BCUT2D eigenvalue weighted by atomic mass is 19.1. The van der Waals surface area contributed by atoms with E-state index in [0.29, 0.717) is 23.8 Å². The van der Waals surface area contributed by atoms with Crippen LogP contribution in [0.4, 0.5) is 4.39 Å². The molecule has 0 unspecified atom stereocenters. The van der Waals surface area contributed by atoms with Crippen LogP contribution in [0.5, 0.6) is 17.2 Å². The molecule has 1 N–H and O–H groups in total. The van der Waals surface area contributed by atoms with Gasteiger partial charge >= 0.3 is 0 Å². The van der Waals surface area contributed by atoms with Gasteiger partial charge in [-0.15, -0.1) is 0 Å². The predicted molar refractivity (Wildman–Crippen MR) is 81.5 cm³/mol. The summed E-state index contributed by atoms with van der Waals surface area (Å²) >= 11 is 0. The molecule has 0 fully saturated rings. The van der Waals surface area contributed by atoms with Crippen molar-refractivity contribution in [3.63, 3.8) is 0 Å². The average molecular weight is 289 g/mol. The summed E-state index contributed by atoms with van der Waals surface area (Å²) in [6.45, 7) is 3.62. The second-order valence-electron chi connectivity index (χ2n) is 4.75. The number of hydrogen-bond donors (Lipinski definition) is 1. The summed E-state index contributed by atoms with van der Waals surface area (Å²) in [5.41, 5.74) is 0.862. The monoisotopic (exact) mass is 289 g/mol. The minimum absolute atomic E-state index is 0.302. The standard InChI is InChI=1S/C17H20FNO2/c1-3-7-19-12-13-8-14(18)10-17(9-13)21-16-6-4-5-15(11-16)20-2/h4-6,8-11,19H,3,7,12H2,1-2H3. The van der Waals surface area contributed by atoms with Gasteiger partial charge in [0, 0.05) is 18.7 Å². The molecule has 0 amide bonds. The van der Waals surface area contributed by atoms with E-state index >= 15 is 0 Å². The van der Waals surface area contributed by atoms with Gasteiger partial charge in [-0.2, -0.15) is 0 Å². The number of nitrogens with one attached hydrogen (secondary N) is 1. The van der Waals surface area contributed by atoms with E-state index in [2.05, 4.69) is 12.2 Å². The van der Waals surface area contributed by atoms with Gasteiger partial charge in [0.15, 0.2) is 0 Å². The molecule has 0 atom stereocenters. The van der Waals surface area contributed by atoms with Gasteiger partial charge in [-0.1, -0.05) is 13.0 Å². The first-order valence-electron chi connectivity index (χ1n) is 7.03. The van der Waals surface area contributed by atoms with E-state index in [1.54, 1.807) is 13.2 Å². The van der Waals surface area contributed by atoms with Crippen LogP contribution >= 0.6 is 0 Å². The number of benzene rings is 2. The molecule has 0 aliphatic carbocycles. The average Bonchev–Trinajstić information content (AvgIpc) is 2.47. The molecule has 2 aromatic rings. The van der Waals surface area contributed by atoms with E-state index in [9.17, 15) is 4.39 Å². The first-order valence-corrected chi connectivity index (χ1v) is 7.03. The maximum absolute atomic E-state index is 13.7. The zero-order chi connectivity index (χ0) is 15.1. The molecule has 3 nitrogen and oxygen atoms in total. The number of rotatable bonds is 7. The van der Waals surface area contributed by atoms with E-state index in [0.717, 1.165) is 18.5 Å². The molecule has 0 radical (unpaired) electrons. The van der Waals surface area contributed by atoms with Crippen LogP contribution in [0.2, 0.25) is 0 Å². The Labute approximate surface area is 124 Å². The minimum atomic E-state index is -0.302. The number of methoxy groups -OCH3 is 1. The number of halogens is 1. The molecule has 4 heteroatoms. The van der Waals surface area contributed by atoms with Crippen molar-refractivity contribution >= 4 is 0 Å². The van der Waals surface area contributed by atoms with Crippen LogP contribution in [0.15, 0.2) is 42.5 Å². The highest BCUT2D eigenvalue weighted by molar-refractivity contribution is 5.38. The Hall–Kier alpha value is -2.07. The predicted octanol–water partition coefficient (Wildman–Crippen LogP) is 4.13. The van der Waals surface area contributed by atoms with Crippen LogP contribution in [-0.2, 0) is 6.54 Å². The molecule has 2 aromatic carbocycles. The van der Waals surface area contributed by atoms with Gasteiger partial charge in [0.05, 0.1) is 7.11 Å². The molecular formula is C17H20FNO2. The van der Waals surface area contributed by atoms with Crippen molar-refractivity contribution in [3.05, 3.63) is 53.8 Å². The molecule has 21 heavy (non-hydrogen) atoms. The molecule has 2 rings (SSSR count). The summed E-state index contributed by atoms with van der Waals surface area (Å²) in [5.74, 6) is 1.50. The quantitative estimate of drug-likeness (QED) is 0.778. The van der Waals surface area contributed by atoms with Crippen LogP contribution in [-0.4, -0.2) is 13.7 Å². The molecule has 0 heterocycles. The third kappa shape index (κ3) is 4.76. The summed E-state index contributed by atoms with van der Waals surface area (Å²) in [7, 11) is 1.60. The smallest absolute Gasteiger partial charge is 0.131 e. The van der Waals surface area contributed by atoms with E-state index in [4.69, 9.17) is 9.47 Å². The fourth-order valence-electron chi connectivity index (χ4n) is 1.99. The van der Waals surface area contributed by atoms with Gasteiger partial charge in [0.1, 0.15) is 23.1 Å². The first-order chi connectivity index (χ1) is 10.2. The van der Waals surface area contributed by atoms with Crippen molar-refractivity contribution in [2.24, 2.45) is 0 Å². The molecule has 0 aromatic heterocycles. The minimum Gasteiger partial charge on any atom is -0.497 e. The van der Waals surface area contributed by atoms with E-state index in [1.165, 1.54) is 12.1 Å². The van der Waals surface area contributed by atoms with Crippen LogP contribution in [0.3, 0.4) is 0 Å². The topological polar surface area (TPSA) is 30.5 Å². The van der Waals surface area contributed by atoms with Gasteiger partial charge in [-0.25, -0.2) is 4.39 Å². The Morgan fingerprint density at radius 1 is 1.05 bits per heavy atom. The Bertz CT molecular complexity index is 587. The van der Waals surface area contributed by atoms with Crippen molar-refractivity contribution in [1.29, 1.82) is 0 Å². The van der Waals surface area contributed by atoms with Crippen molar-refractivity contribution in [2.75, 3.05) is 13.7 Å². The Balaban J connectivity index is 2.11. The van der Waals surface area contributed by atoms with E-state index in [1.807, 2.05) is 24.3 Å². The zero-order valence-corrected chi connectivity index (χ0v) is 12.4. The van der Waals surface area contributed by atoms with Crippen molar-refractivity contribution < 1.29 is 13.9 Å². The molecule has 0 aliphatic rings. The lowest BCUT2D eigenvalue weighted by Gasteiger charge is -2.10. The highest BCUT2D eigenvalue weighted by Crippen LogP contribution is 2.26. The van der Waals surface area contributed by atoms with Crippen molar-refractivity contribution in [3.8, 4) is 17.2 Å². The maximum atomic E-state index is 13.7. The molecule has 0 aliphatic heterocycles. The number of hydrogen-bond acceptors (Lipinski definition) is 3. The summed E-state index contributed by atoms with van der Waals surface area (Å²) in [6, 6.07) is 12.0. The van der Waals surface area contributed by atoms with Crippen molar-refractivity contribution in [1.82, 2.24) is 5.32 Å². The second-order valence-corrected chi connectivity index (χ2v) is 4.75.